The molecule has 0 saturated carbocycles. The topological polar surface area (TPSA) is 218 Å². The third-order valence-corrected chi connectivity index (χ3v) is 13.0. The molecular weight excluding hydrogens is 813 g/mol. The van der Waals surface area contributed by atoms with Crippen molar-refractivity contribution in [1.82, 2.24) is 16.0 Å². The number of fused-ring (bicyclic) bond motifs is 1. The summed E-state index contributed by atoms with van der Waals surface area (Å²) in [6.45, 7) is 15.3. The van der Waals surface area contributed by atoms with E-state index in [9.17, 15) is 32.7 Å². The molecule has 0 aliphatic carbocycles. The van der Waals surface area contributed by atoms with Crippen molar-refractivity contribution in [3.63, 3.8) is 0 Å². The number of hydrogen-bond donors (Lipinski definition) is 6. The number of aliphatic hydroxyl groups excluding tert-OH is 1. The van der Waals surface area contributed by atoms with Gasteiger partial charge in [-0.2, -0.15) is 0 Å². The summed E-state index contributed by atoms with van der Waals surface area (Å²) in [5, 5.41) is 23.7. The molecule has 0 fully saturated rings. The highest BCUT2D eigenvalue weighted by atomic mass is 32.2. The molecule has 0 aromatic heterocycles. The lowest BCUT2D eigenvalue weighted by Gasteiger charge is -2.39. The highest BCUT2D eigenvalue weighted by Gasteiger charge is 2.49. The minimum Gasteiger partial charge on any atom is -0.444 e. The van der Waals surface area contributed by atoms with Crippen LogP contribution in [0.4, 0.5) is 21.0 Å². The van der Waals surface area contributed by atoms with Crippen molar-refractivity contribution in [2.75, 3.05) is 43.2 Å². The second-order valence-corrected chi connectivity index (χ2v) is 20.7. The molecule has 15 nitrogen and oxygen atoms in total. The molecule has 5 atom stereocenters. The van der Waals surface area contributed by atoms with E-state index in [1.807, 2.05) is 45.0 Å². The van der Waals surface area contributed by atoms with Crippen molar-refractivity contribution in [2.24, 2.45) is 11.1 Å². The monoisotopic (exact) mass is 887 g/mol. The number of aliphatic hydroxyl groups is 1. The van der Waals surface area contributed by atoms with Gasteiger partial charge in [-0.05, 0) is 134 Å². The number of rotatable bonds is 20. The van der Waals surface area contributed by atoms with Gasteiger partial charge in [-0.1, -0.05) is 38.8 Å². The van der Waals surface area contributed by atoms with Gasteiger partial charge in [0, 0.05) is 49.9 Å². The molecule has 4 amide bonds. The first-order chi connectivity index (χ1) is 28.9. The lowest BCUT2D eigenvalue weighted by atomic mass is 9.69. The molecule has 1 heterocycles. The zero-order valence-electron chi connectivity index (χ0n) is 38.7. The summed E-state index contributed by atoms with van der Waals surface area (Å²) in [4.78, 5) is 53.8. The first-order valence-electron chi connectivity index (χ1n) is 22.0. The highest BCUT2D eigenvalue weighted by molar-refractivity contribution is 7.91. The van der Waals surface area contributed by atoms with Gasteiger partial charge < -0.3 is 46.5 Å². The van der Waals surface area contributed by atoms with Crippen LogP contribution in [-0.4, -0.2) is 99.9 Å². The summed E-state index contributed by atoms with van der Waals surface area (Å²) in [6.07, 6.45) is 3.04. The van der Waals surface area contributed by atoms with E-state index in [1.54, 1.807) is 71.9 Å². The van der Waals surface area contributed by atoms with Crippen molar-refractivity contribution in [3.05, 3.63) is 53.6 Å². The second kappa shape index (κ2) is 22.8. The minimum absolute atomic E-state index is 0.182. The van der Waals surface area contributed by atoms with Gasteiger partial charge in [0.15, 0.2) is 9.84 Å². The minimum atomic E-state index is -3.80. The predicted octanol–water partition coefficient (Wildman–Crippen LogP) is 6.76. The first kappa shape index (κ1) is 51.9. The zero-order valence-corrected chi connectivity index (χ0v) is 39.5. The second-order valence-electron chi connectivity index (χ2n) is 18.7. The molecule has 2 aromatic rings. The number of carbonyl (C=O) groups excluding carboxylic acids is 4. The molecule has 16 heteroatoms. The van der Waals surface area contributed by atoms with Gasteiger partial charge in [0.25, 0.3) is 0 Å². The maximum Gasteiger partial charge on any atom is 0.407 e. The van der Waals surface area contributed by atoms with Crippen molar-refractivity contribution in [2.45, 2.75) is 160 Å². The number of anilines is 2. The van der Waals surface area contributed by atoms with Crippen molar-refractivity contribution < 1.29 is 42.2 Å². The standard InChI is InChI=1S/C46H74N6O9S/c1-11-13-25-46(12-2)30-62(58,59)37-24-23-33(52(9)10)29-34(37)38(39(46)53)31-19-18-20-32(28-31)50-41(55)36(22-15-17-27-49-43(57)61-45(6,7)8)51-40(54)35(47)21-14-16-26-48-42(56)60-44(3,4)5/h18-20,23-24,28-29,35-36,38-39,53H,11-17,21-22,25-27,30,47H2,1-10H3,(H,48,56)(H,49,57)(H,50,55)(H,51,54)/t35-,36-,38-,39-,46-/m1/s1. The summed E-state index contributed by atoms with van der Waals surface area (Å²) in [6, 6.07) is 10.4. The number of nitrogens with zero attached hydrogens (tertiary/aromatic N) is 1. The Kier molecular flexibility index (Phi) is 19.1. The Morgan fingerprint density at radius 1 is 0.855 bits per heavy atom. The lowest BCUT2D eigenvalue weighted by molar-refractivity contribution is -0.127. The molecule has 0 unspecified atom stereocenters. The molecule has 0 bridgehead atoms. The lowest BCUT2D eigenvalue weighted by Crippen LogP contribution is -2.50. The molecule has 0 saturated heterocycles. The quantitative estimate of drug-likeness (QED) is 0.0764. The zero-order chi connectivity index (χ0) is 46.5. The van der Waals surface area contributed by atoms with Crippen molar-refractivity contribution >= 4 is 45.2 Å². The van der Waals surface area contributed by atoms with Crippen LogP contribution in [0, 0.1) is 5.41 Å². The van der Waals surface area contributed by atoms with E-state index in [0.29, 0.717) is 74.8 Å². The van der Waals surface area contributed by atoms with Gasteiger partial charge in [0.05, 0.1) is 22.8 Å². The summed E-state index contributed by atoms with van der Waals surface area (Å²) < 4.78 is 38.9. The van der Waals surface area contributed by atoms with Gasteiger partial charge in [-0.15, -0.1) is 0 Å². The average Bonchev–Trinajstić information content (AvgIpc) is 3.24. The molecule has 0 spiro atoms. The van der Waals surface area contributed by atoms with Crippen molar-refractivity contribution in [1.29, 1.82) is 0 Å². The van der Waals surface area contributed by atoms with Gasteiger partial charge in [-0.25, -0.2) is 18.0 Å². The van der Waals surface area contributed by atoms with Crippen LogP contribution >= 0.6 is 0 Å². The van der Waals surface area contributed by atoms with Crippen LogP contribution in [-0.2, 0) is 28.9 Å². The Hall–Kier alpha value is -4.41. The number of sulfone groups is 1. The van der Waals surface area contributed by atoms with Gasteiger partial charge in [0.1, 0.15) is 17.2 Å². The molecule has 2 aromatic carbocycles. The first-order valence-corrected chi connectivity index (χ1v) is 23.7. The number of amides is 4. The number of alkyl carbamates (subject to hydrolysis) is 2. The maximum absolute atomic E-state index is 14.2. The fourth-order valence-electron chi connectivity index (χ4n) is 7.69. The fraction of sp³-hybridized carbons (Fsp3) is 0.652. The van der Waals surface area contributed by atoms with Crippen LogP contribution in [0.15, 0.2) is 47.4 Å². The number of ether oxygens (including phenoxy) is 2. The van der Waals surface area contributed by atoms with Crippen LogP contribution < -0.4 is 31.9 Å². The summed E-state index contributed by atoms with van der Waals surface area (Å²) in [7, 11) is -0.0527. The fourth-order valence-corrected chi connectivity index (χ4v) is 9.95. The van der Waals surface area contributed by atoms with E-state index in [-0.39, 0.29) is 17.1 Å². The molecule has 7 N–H and O–H groups in total. The maximum atomic E-state index is 14.2. The largest absolute Gasteiger partial charge is 0.444 e. The Balaban J connectivity index is 1.88. The van der Waals surface area contributed by atoms with Gasteiger partial charge in [-0.3, -0.25) is 9.59 Å². The normalized spacial score (nSPS) is 19.5. The molecule has 1 aliphatic rings. The number of nitrogens with two attached hydrogens (primary N) is 1. The Labute approximate surface area is 369 Å². The number of benzene rings is 2. The summed E-state index contributed by atoms with van der Waals surface area (Å²) in [5.41, 5.74) is 6.43. The Morgan fingerprint density at radius 2 is 1.45 bits per heavy atom. The average molecular weight is 887 g/mol. The van der Waals surface area contributed by atoms with E-state index in [0.717, 1.165) is 18.5 Å². The van der Waals surface area contributed by atoms with E-state index in [1.165, 1.54) is 0 Å². The molecule has 348 valence electrons. The van der Waals surface area contributed by atoms with Crippen LogP contribution in [0.2, 0.25) is 0 Å². The smallest absolute Gasteiger partial charge is 0.407 e. The molecule has 0 radical (unpaired) electrons. The third-order valence-electron chi connectivity index (χ3n) is 11.0. The molecule has 1 aliphatic heterocycles. The number of hydrogen-bond acceptors (Lipinski definition) is 11. The summed E-state index contributed by atoms with van der Waals surface area (Å²) >= 11 is 0. The Morgan fingerprint density at radius 3 is 2.00 bits per heavy atom. The van der Waals surface area contributed by atoms with Gasteiger partial charge >= 0.3 is 12.2 Å². The predicted molar refractivity (Wildman–Crippen MR) is 244 cm³/mol. The van der Waals surface area contributed by atoms with Crippen LogP contribution in [0.1, 0.15) is 137 Å². The van der Waals surface area contributed by atoms with E-state index < -0.39 is 74.6 Å². The van der Waals surface area contributed by atoms with Crippen LogP contribution in [0.25, 0.3) is 0 Å². The van der Waals surface area contributed by atoms with Crippen molar-refractivity contribution in [3.8, 4) is 0 Å². The van der Waals surface area contributed by atoms with E-state index in [4.69, 9.17) is 15.2 Å². The SMILES string of the molecule is CCCC[C@]1(CC)CS(=O)(=O)c2ccc(N(C)C)cc2[C@@H](c2cccc(NC(=O)[C@@H](CCCCNC(=O)OC(C)(C)C)NC(=O)[C@H](N)CCCCNC(=O)OC(C)(C)C)c2)[C@H]1O. The van der Waals surface area contributed by atoms with Gasteiger partial charge in [0.2, 0.25) is 11.8 Å². The van der Waals surface area contributed by atoms with Crippen LogP contribution in [0.5, 0.6) is 0 Å². The number of nitrogens with one attached hydrogen (secondary N) is 4. The summed E-state index contributed by atoms with van der Waals surface area (Å²) in [5.74, 6) is -1.92. The third kappa shape index (κ3) is 15.7. The molecule has 62 heavy (non-hydrogen) atoms. The van der Waals surface area contributed by atoms with Crippen LogP contribution in [0.3, 0.4) is 0 Å². The van der Waals surface area contributed by atoms with E-state index in [2.05, 4.69) is 21.3 Å². The van der Waals surface area contributed by atoms with E-state index >= 15 is 0 Å². The highest BCUT2D eigenvalue weighted by Crippen LogP contribution is 2.49. The number of carbonyl (C=O) groups is 4. The number of unbranched alkanes of at least 4 members (excludes halogenated alkanes) is 3. The molecular formula is C46H74N6O9S. The Bertz CT molecular complexity index is 1930. The molecule has 3 rings (SSSR count).